The number of benzene rings is 1. The molecule has 0 spiro atoms. The molecule has 0 aliphatic carbocycles. The minimum atomic E-state index is -4.64. The van der Waals surface area contributed by atoms with Crippen molar-refractivity contribution in [1.29, 1.82) is 0 Å². The van der Waals surface area contributed by atoms with Gasteiger partial charge in [-0.05, 0) is 38.5 Å². The third-order valence-corrected chi connectivity index (χ3v) is 6.12. The fraction of sp³-hybridized carbons (Fsp3) is 0.591. The Morgan fingerprint density at radius 3 is 2.48 bits per heavy atom. The Morgan fingerprint density at radius 2 is 1.97 bits per heavy atom. The molecule has 182 valence electrons. The van der Waals surface area contributed by atoms with Crippen molar-refractivity contribution in [3.8, 4) is 5.75 Å². The first kappa shape index (κ1) is 25.4. The predicted octanol–water partition coefficient (Wildman–Crippen LogP) is 3.94. The van der Waals surface area contributed by atoms with Crippen LogP contribution < -0.4 is 9.54 Å². The van der Waals surface area contributed by atoms with E-state index in [1.807, 2.05) is 20.8 Å². The molecule has 11 heteroatoms. The van der Waals surface area contributed by atoms with Gasteiger partial charge < -0.3 is 14.6 Å². The summed E-state index contributed by atoms with van der Waals surface area (Å²) >= 11 is 1.20. The summed E-state index contributed by atoms with van der Waals surface area (Å²) < 4.78 is 52.4. The molecule has 1 aromatic heterocycles. The van der Waals surface area contributed by atoms with E-state index in [1.54, 1.807) is 4.68 Å². The van der Waals surface area contributed by atoms with E-state index >= 15 is 0 Å². The van der Waals surface area contributed by atoms with Crippen molar-refractivity contribution in [1.82, 2.24) is 9.78 Å². The van der Waals surface area contributed by atoms with Crippen molar-refractivity contribution < 1.29 is 32.5 Å². The van der Waals surface area contributed by atoms with Crippen LogP contribution >= 0.6 is 11.3 Å². The van der Waals surface area contributed by atoms with Gasteiger partial charge >= 0.3 is 6.18 Å². The number of carbonyl (C=O) groups excluding carboxylic acids is 1. The highest BCUT2D eigenvalue weighted by atomic mass is 32.1. The third-order valence-electron chi connectivity index (χ3n) is 4.75. The Bertz CT molecular complexity index is 1070. The normalized spacial score (nSPS) is 17.7. The molecule has 1 saturated heterocycles. The van der Waals surface area contributed by atoms with Crippen molar-refractivity contribution in [2.45, 2.75) is 70.9 Å². The fourth-order valence-electron chi connectivity index (χ4n) is 2.84. The van der Waals surface area contributed by atoms with E-state index in [4.69, 9.17) is 9.47 Å². The molecule has 7 nitrogen and oxygen atoms in total. The van der Waals surface area contributed by atoms with Gasteiger partial charge in [-0.2, -0.15) is 23.3 Å². The molecular weight excluding hydrogens is 459 g/mol. The summed E-state index contributed by atoms with van der Waals surface area (Å²) in [5.41, 5.74) is -2.88. The van der Waals surface area contributed by atoms with Crippen molar-refractivity contribution in [3.05, 3.63) is 39.1 Å². The van der Waals surface area contributed by atoms with Crippen LogP contribution in [0.3, 0.4) is 0 Å². The van der Waals surface area contributed by atoms with Crippen LogP contribution in [0.5, 0.6) is 5.75 Å². The Morgan fingerprint density at radius 1 is 1.30 bits per heavy atom. The van der Waals surface area contributed by atoms with Gasteiger partial charge in [-0.15, -0.1) is 0 Å². The highest BCUT2D eigenvalue weighted by molar-refractivity contribution is 7.09. The summed E-state index contributed by atoms with van der Waals surface area (Å²) in [6.45, 7) is 9.71. The number of carbonyl (C=O) groups is 1. The number of ether oxygens (including phenoxy) is 2. The molecule has 1 aromatic carbocycles. The van der Waals surface area contributed by atoms with Gasteiger partial charge in [0, 0.05) is 12.0 Å². The van der Waals surface area contributed by atoms with E-state index in [0.29, 0.717) is 13.2 Å². The van der Waals surface area contributed by atoms with Gasteiger partial charge in [0.25, 0.3) is 5.91 Å². The lowest BCUT2D eigenvalue weighted by atomic mass is 9.98. The molecule has 1 atom stereocenters. The first-order valence-electron chi connectivity index (χ1n) is 10.5. The fourth-order valence-corrected chi connectivity index (χ4v) is 3.80. The Balaban J connectivity index is 2.05. The number of alkyl halides is 3. The Hall–Kier alpha value is -2.24. The number of rotatable bonds is 6. The number of hydrogen-bond acceptors (Lipinski definition) is 6. The van der Waals surface area contributed by atoms with E-state index in [1.165, 1.54) is 25.2 Å². The second-order valence-electron chi connectivity index (χ2n) is 9.63. The van der Waals surface area contributed by atoms with Crippen LogP contribution in [0.4, 0.5) is 13.2 Å². The molecule has 1 unspecified atom stereocenters. The number of aromatic nitrogens is 2. The number of halogens is 3. The van der Waals surface area contributed by atoms with Crippen LogP contribution in [0.1, 0.15) is 62.0 Å². The molecule has 1 amide bonds. The topological polar surface area (TPSA) is 85.9 Å². The molecule has 0 saturated carbocycles. The van der Waals surface area contributed by atoms with Gasteiger partial charge in [0.2, 0.25) is 4.80 Å². The second-order valence-corrected chi connectivity index (χ2v) is 10.6. The summed E-state index contributed by atoms with van der Waals surface area (Å²) in [7, 11) is 0. The summed E-state index contributed by atoms with van der Waals surface area (Å²) in [4.78, 5) is 17.5. The van der Waals surface area contributed by atoms with Gasteiger partial charge in [-0.25, -0.2) is 4.68 Å². The lowest BCUT2D eigenvalue weighted by Gasteiger charge is -2.26. The largest absolute Gasteiger partial charge is 0.490 e. The molecule has 0 radical (unpaired) electrons. The highest BCUT2D eigenvalue weighted by Gasteiger charge is 2.32. The van der Waals surface area contributed by atoms with E-state index in [0.717, 1.165) is 29.6 Å². The van der Waals surface area contributed by atoms with E-state index in [2.05, 4.69) is 10.1 Å². The van der Waals surface area contributed by atoms with Crippen molar-refractivity contribution in [2.24, 2.45) is 4.99 Å². The quantitative estimate of drug-likeness (QED) is 0.667. The van der Waals surface area contributed by atoms with Crippen LogP contribution in [0.15, 0.2) is 23.2 Å². The number of nitrogens with zero attached hydrogens (tertiary/aromatic N) is 3. The molecule has 1 aliphatic rings. The van der Waals surface area contributed by atoms with Gasteiger partial charge in [0.15, 0.2) is 0 Å². The monoisotopic (exact) mass is 487 g/mol. The maximum Gasteiger partial charge on any atom is 0.416 e. The summed E-state index contributed by atoms with van der Waals surface area (Å²) in [6.07, 6.45) is -3.84. The van der Waals surface area contributed by atoms with Gasteiger partial charge in [0.1, 0.15) is 17.4 Å². The standard InChI is InChI=1S/C22H28F3N3O4S/c1-20(2,3)18-27-28(11-14-8-9-31-14)19(33-18)26-17(29)15-10-13(22(23,24)25)6-7-16(15)32-12-21(4,5)30/h6-7,10,14,30H,8-9,11-12H2,1-5H3. The van der Waals surface area contributed by atoms with Crippen molar-refractivity contribution in [2.75, 3.05) is 13.2 Å². The first-order valence-corrected chi connectivity index (χ1v) is 11.3. The average molecular weight is 488 g/mol. The lowest BCUT2D eigenvalue weighted by molar-refractivity contribution is -0.137. The summed E-state index contributed by atoms with van der Waals surface area (Å²) in [5, 5.41) is 15.2. The highest BCUT2D eigenvalue weighted by Crippen LogP contribution is 2.33. The molecule has 1 aliphatic heterocycles. The Labute approximate surface area is 193 Å². The smallest absolute Gasteiger partial charge is 0.416 e. The first-order chi connectivity index (χ1) is 15.1. The van der Waals surface area contributed by atoms with Crippen LogP contribution in [-0.2, 0) is 22.9 Å². The molecule has 0 bridgehead atoms. The van der Waals surface area contributed by atoms with Gasteiger partial charge in [-0.3, -0.25) is 4.79 Å². The molecule has 33 heavy (non-hydrogen) atoms. The zero-order valence-electron chi connectivity index (χ0n) is 19.2. The molecular formula is C22H28F3N3O4S. The number of aliphatic hydroxyl groups is 1. The van der Waals surface area contributed by atoms with Crippen LogP contribution in [0.25, 0.3) is 0 Å². The minimum Gasteiger partial charge on any atom is -0.490 e. The van der Waals surface area contributed by atoms with Crippen molar-refractivity contribution >= 4 is 17.2 Å². The Kier molecular flexibility index (Phi) is 7.07. The van der Waals surface area contributed by atoms with Gasteiger partial charge in [0.05, 0.1) is 29.4 Å². The molecule has 2 heterocycles. The maximum absolute atomic E-state index is 13.3. The summed E-state index contributed by atoms with van der Waals surface area (Å²) in [6, 6.07) is 2.62. The number of hydrogen-bond donors (Lipinski definition) is 1. The predicted molar refractivity (Wildman–Crippen MR) is 116 cm³/mol. The van der Waals surface area contributed by atoms with E-state index < -0.39 is 23.2 Å². The summed E-state index contributed by atoms with van der Waals surface area (Å²) in [5.74, 6) is -0.979. The van der Waals surface area contributed by atoms with Crippen molar-refractivity contribution in [3.63, 3.8) is 0 Å². The van der Waals surface area contributed by atoms with Gasteiger partial charge in [-0.1, -0.05) is 32.1 Å². The lowest BCUT2D eigenvalue weighted by Crippen LogP contribution is -2.35. The van der Waals surface area contributed by atoms with E-state index in [9.17, 15) is 23.1 Å². The van der Waals surface area contributed by atoms with E-state index in [-0.39, 0.29) is 34.2 Å². The maximum atomic E-state index is 13.3. The second kappa shape index (κ2) is 9.19. The molecule has 1 fully saturated rings. The third kappa shape index (κ3) is 6.64. The van der Waals surface area contributed by atoms with Crippen LogP contribution in [0, 0.1) is 0 Å². The van der Waals surface area contributed by atoms with Crippen LogP contribution in [-0.4, -0.2) is 45.7 Å². The zero-order chi connectivity index (χ0) is 24.6. The van der Waals surface area contributed by atoms with Crippen LogP contribution in [0.2, 0.25) is 0 Å². The molecule has 2 aromatic rings. The molecule has 3 rings (SSSR count). The zero-order valence-corrected chi connectivity index (χ0v) is 20.0. The minimum absolute atomic E-state index is 0.0480. The SMILES string of the molecule is CC(C)(O)COc1ccc(C(F)(F)F)cc1C(=O)N=c1sc(C(C)(C)C)nn1CC1CCO1. The number of amides is 1. The molecule has 1 N–H and O–H groups in total. The average Bonchev–Trinajstić information content (AvgIpc) is 3.04.